The molecule has 0 bridgehead atoms. The van der Waals surface area contributed by atoms with Gasteiger partial charge in [-0.3, -0.25) is 19.7 Å². The largest absolute Gasteiger partial charge is 0.490 e. The van der Waals surface area contributed by atoms with Crippen molar-refractivity contribution >= 4 is 64.4 Å². The van der Waals surface area contributed by atoms with Gasteiger partial charge in [0.05, 0.1) is 28.0 Å². The summed E-state index contributed by atoms with van der Waals surface area (Å²) in [6.07, 6.45) is 1.31. The van der Waals surface area contributed by atoms with Crippen LogP contribution < -0.4 is 25.0 Å². The molecule has 9 nitrogen and oxygen atoms in total. The van der Waals surface area contributed by atoms with Crippen molar-refractivity contribution in [2.24, 2.45) is 0 Å². The molecule has 0 aromatic heterocycles. The molecular weight excluding hydrogens is 557 g/mol. The fraction of sp³-hybridized carbons (Fsp3) is 0.172. The predicted molar refractivity (Wildman–Crippen MR) is 153 cm³/mol. The van der Waals surface area contributed by atoms with Gasteiger partial charge >= 0.3 is 6.03 Å². The van der Waals surface area contributed by atoms with Gasteiger partial charge in [0.25, 0.3) is 17.7 Å². The quantitative estimate of drug-likeness (QED) is 0.261. The molecule has 5 amide bonds. The molecule has 3 aromatic carbocycles. The highest BCUT2D eigenvalue weighted by molar-refractivity contribution is 6.39. The molecule has 3 aromatic rings. The Labute approximate surface area is 240 Å². The van der Waals surface area contributed by atoms with E-state index < -0.39 is 23.8 Å². The molecule has 1 fully saturated rings. The van der Waals surface area contributed by atoms with E-state index in [9.17, 15) is 19.2 Å². The lowest BCUT2D eigenvalue weighted by molar-refractivity contribution is -0.122. The zero-order chi connectivity index (χ0) is 29.0. The Morgan fingerprint density at radius 2 is 1.73 bits per heavy atom. The molecule has 0 spiro atoms. The number of anilines is 2. The average molecular weight is 582 g/mol. The first-order chi connectivity index (χ1) is 19.1. The van der Waals surface area contributed by atoms with Crippen molar-refractivity contribution in [3.05, 3.63) is 86.9 Å². The number of amides is 5. The number of carbonyl (C=O) groups is 4. The molecule has 4 rings (SSSR count). The maximum atomic E-state index is 13.3. The molecular formula is C29H25Cl2N3O6. The van der Waals surface area contributed by atoms with E-state index in [1.54, 1.807) is 49.4 Å². The van der Waals surface area contributed by atoms with E-state index in [0.717, 1.165) is 16.0 Å². The lowest BCUT2D eigenvalue weighted by Gasteiger charge is -2.27. The van der Waals surface area contributed by atoms with E-state index in [1.165, 1.54) is 18.2 Å². The van der Waals surface area contributed by atoms with Gasteiger partial charge in [0.1, 0.15) is 5.57 Å². The highest BCUT2D eigenvalue weighted by Crippen LogP contribution is 2.38. The Hall–Kier alpha value is -4.34. The Balaban J connectivity index is 1.59. The second-order valence-corrected chi connectivity index (χ2v) is 9.62. The summed E-state index contributed by atoms with van der Waals surface area (Å²) in [5.41, 5.74) is 2.70. The lowest BCUT2D eigenvalue weighted by Crippen LogP contribution is -2.54. The summed E-state index contributed by atoms with van der Waals surface area (Å²) in [4.78, 5) is 51.8. The molecule has 0 unspecified atom stereocenters. The molecule has 1 heterocycles. The number of imide groups is 2. The fourth-order valence-corrected chi connectivity index (χ4v) is 4.34. The number of urea groups is 1. The first-order valence-corrected chi connectivity index (χ1v) is 13.0. The number of nitrogens with zero attached hydrogens (tertiary/aromatic N) is 1. The minimum Gasteiger partial charge on any atom is -0.490 e. The van der Waals surface area contributed by atoms with Crippen LogP contribution in [-0.4, -0.2) is 37.0 Å². The zero-order valence-corrected chi connectivity index (χ0v) is 23.4. The van der Waals surface area contributed by atoms with Crippen molar-refractivity contribution in [1.82, 2.24) is 5.32 Å². The summed E-state index contributed by atoms with van der Waals surface area (Å²) < 4.78 is 11.3. The summed E-state index contributed by atoms with van der Waals surface area (Å²) in [5, 5.41) is 5.31. The number of ether oxygens (including phenoxy) is 2. The van der Waals surface area contributed by atoms with Gasteiger partial charge in [-0.1, -0.05) is 41.4 Å². The Morgan fingerprint density at radius 3 is 2.42 bits per heavy atom. The summed E-state index contributed by atoms with van der Waals surface area (Å²) >= 11 is 12.6. The van der Waals surface area contributed by atoms with Gasteiger partial charge in [0.15, 0.2) is 18.1 Å². The SMILES string of the molecule is CCOc1cc(/C=C2/C(=O)NC(=O)N(c3ccc(C)c(C)c3)C2=O)cc(Cl)c1OCC(=O)Nc1ccccc1Cl. The first-order valence-electron chi connectivity index (χ1n) is 12.2. The number of hydrogen-bond donors (Lipinski definition) is 2. The summed E-state index contributed by atoms with van der Waals surface area (Å²) in [5.74, 6) is -1.81. The Bertz CT molecular complexity index is 1550. The molecule has 1 aliphatic heterocycles. The van der Waals surface area contributed by atoms with Crippen LogP contribution in [-0.2, 0) is 14.4 Å². The molecule has 0 atom stereocenters. The lowest BCUT2D eigenvalue weighted by atomic mass is 10.0. The van der Waals surface area contributed by atoms with Crippen LogP contribution in [0.4, 0.5) is 16.2 Å². The molecule has 0 saturated carbocycles. The van der Waals surface area contributed by atoms with Crippen molar-refractivity contribution < 1.29 is 28.7 Å². The van der Waals surface area contributed by atoms with Crippen LogP contribution in [0.25, 0.3) is 6.08 Å². The Kier molecular flexibility index (Phi) is 8.77. The molecule has 0 radical (unpaired) electrons. The third kappa shape index (κ3) is 6.27. The van der Waals surface area contributed by atoms with E-state index in [4.69, 9.17) is 32.7 Å². The number of barbiturate groups is 1. The second kappa shape index (κ2) is 12.2. The van der Waals surface area contributed by atoms with Crippen molar-refractivity contribution in [3.8, 4) is 11.5 Å². The second-order valence-electron chi connectivity index (χ2n) is 8.81. The number of aryl methyl sites for hydroxylation is 2. The number of nitrogens with one attached hydrogen (secondary N) is 2. The normalized spacial score (nSPS) is 14.3. The third-order valence-corrected chi connectivity index (χ3v) is 6.60. The molecule has 11 heteroatoms. The van der Waals surface area contributed by atoms with Gasteiger partial charge in [-0.2, -0.15) is 0 Å². The van der Waals surface area contributed by atoms with Crippen LogP contribution >= 0.6 is 23.2 Å². The van der Waals surface area contributed by atoms with Crippen molar-refractivity contribution in [3.63, 3.8) is 0 Å². The van der Waals surface area contributed by atoms with Crippen molar-refractivity contribution in [2.45, 2.75) is 20.8 Å². The molecule has 40 heavy (non-hydrogen) atoms. The van der Waals surface area contributed by atoms with E-state index >= 15 is 0 Å². The van der Waals surface area contributed by atoms with Crippen LogP contribution in [0, 0.1) is 13.8 Å². The number of para-hydroxylation sites is 1. The maximum absolute atomic E-state index is 13.3. The van der Waals surface area contributed by atoms with Gasteiger partial charge in [0, 0.05) is 0 Å². The van der Waals surface area contributed by atoms with Gasteiger partial charge < -0.3 is 14.8 Å². The molecule has 2 N–H and O–H groups in total. The third-order valence-electron chi connectivity index (χ3n) is 5.99. The van der Waals surface area contributed by atoms with Crippen LogP contribution in [0.1, 0.15) is 23.6 Å². The number of halogens is 2. The standard InChI is InChI=1S/C29H25Cl2N3O6/c1-4-39-24-14-18(13-22(31)26(24)40-15-25(35)32-23-8-6-5-7-21(23)30)12-20-27(36)33-29(38)34(28(20)37)19-10-9-16(2)17(3)11-19/h5-14H,4,15H2,1-3H3,(H,32,35)(H,33,36,38)/b20-12-. The number of rotatable bonds is 8. The van der Waals surface area contributed by atoms with Gasteiger partial charge in [-0.15, -0.1) is 0 Å². The molecule has 1 saturated heterocycles. The van der Waals surface area contributed by atoms with E-state index in [-0.39, 0.29) is 35.3 Å². The van der Waals surface area contributed by atoms with E-state index in [2.05, 4.69) is 10.6 Å². The van der Waals surface area contributed by atoms with Gasteiger partial charge in [-0.05, 0) is 79.9 Å². The Morgan fingerprint density at radius 1 is 0.975 bits per heavy atom. The zero-order valence-electron chi connectivity index (χ0n) is 21.8. The smallest absolute Gasteiger partial charge is 0.335 e. The first kappa shape index (κ1) is 28.7. The number of hydrogen-bond acceptors (Lipinski definition) is 6. The van der Waals surface area contributed by atoms with Crippen LogP contribution in [0.2, 0.25) is 10.0 Å². The van der Waals surface area contributed by atoms with E-state index in [0.29, 0.717) is 22.0 Å². The molecule has 1 aliphatic rings. The fourth-order valence-electron chi connectivity index (χ4n) is 3.88. The van der Waals surface area contributed by atoms with Crippen molar-refractivity contribution in [2.75, 3.05) is 23.4 Å². The van der Waals surface area contributed by atoms with Crippen molar-refractivity contribution in [1.29, 1.82) is 0 Å². The average Bonchev–Trinajstić information content (AvgIpc) is 2.89. The molecule has 0 aliphatic carbocycles. The van der Waals surface area contributed by atoms with Gasteiger partial charge in [-0.25, -0.2) is 9.69 Å². The summed E-state index contributed by atoms with van der Waals surface area (Å²) in [6, 6.07) is 14.0. The minimum absolute atomic E-state index is 0.0779. The minimum atomic E-state index is -0.847. The summed E-state index contributed by atoms with van der Waals surface area (Å²) in [6.45, 7) is 5.36. The monoisotopic (exact) mass is 581 g/mol. The van der Waals surface area contributed by atoms with Crippen LogP contribution in [0.5, 0.6) is 11.5 Å². The van der Waals surface area contributed by atoms with Crippen LogP contribution in [0.15, 0.2) is 60.2 Å². The predicted octanol–water partition coefficient (Wildman–Crippen LogP) is 5.69. The van der Waals surface area contributed by atoms with Crippen LogP contribution in [0.3, 0.4) is 0 Å². The molecule has 206 valence electrons. The summed E-state index contributed by atoms with van der Waals surface area (Å²) in [7, 11) is 0. The maximum Gasteiger partial charge on any atom is 0.335 e. The van der Waals surface area contributed by atoms with E-state index in [1.807, 2.05) is 13.8 Å². The number of benzene rings is 3. The highest BCUT2D eigenvalue weighted by Gasteiger charge is 2.37. The highest BCUT2D eigenvalue weighted by atomic mass is 35.5. The van der Waals surface area contributed by atoms with Gasteiger partial charge in [0.2, 0.25) is 0 Å². The topological polar surface area (TPSA) is 114 Å². The number of carbonyl (C=O) groups excluding carboxylic acids is 4.